The van der Waals surface area contributed by atoms with E-state index in [1.807, 2.05) is 60.7 Å². The molecule has 1 saturated heterocycles. The van der Waals surface area contributed by atoms with E-state index in [1.165, 1.54) is 6.33 Å². The molecular weight excluding hydrogens is 330 g/mol. The Hall–Kier alpha value is -2.54. The van der Waals surface area contributed by atoms with Gasteiger partial charge in [0, 0.05) is 5.56 Å². The van der Waals surface area contributed by atoms with Gasteiger partial charge in [-0.25, -0.2) is 9.67 Å². The van der Waals surface area contributed by atoms with Crippen molar-refractivity contribution in [2.75, 3.05) is 13.2 Å². The van der Waals surface area contributed by atoms with Crippen LogP contribution in [0.2, 0.25) is 0 Å². The number of benzene rings is 2. The highest BCUT2D eigenvalue weighted by Gasteiger charge is 2.44. The van der Waals surface area contributed by atoms with E-state index in [2.05, 4.69) is 10.1 Å². The number of hydrogen-bond donors (Lipinski definition) is 0. The lowest BCUT2D eigenvalue weighted by Gasteiger charge is -2.28. The largest absolute Gasteiger partial charge is 0.374 e. The van der Waals surface area contributed by atoms with E-state index in [9.17, 15) is 0 Å². The molecular formula is C20H21N3O3. The second kappa shape index (κ2) is 7.78. The molecule has 1 fully saturated rings. The number of aromatic nitrogens is 3. The molecule has 2 atom stereocenters. The standard InChI is InChI=1S/C20H21N3O3/c1-3-7-17(8-4-1)11-24-12-19-13-25-20(26-19,14-23-16-21-15-22-23)18-9-5-2-6-10-18/h1-10,15-16,19H,11-14H2. The van der Waals surface area contributed by atoms with Gasteiger partial charge in [-0.1, -0.05) is 60.7 Å². The Bertz CT molecular complexity index is 796. The Morgan fingerprint density at radius 3 is 2.58 bits per heavy atom. The molecule has 2 unspecified atom stereocenters. The lowest BCUT2D eigenvalue weighted by Crippen LogP contribution is -2.34. The van der Waals surface area contributed by atoms with Crippen molar-refractivity contribution in [1.29, 1.82) is 0 Å². The molecule has 1 aliphatic heterocycles. The van der Waals surface area contributed by atoms with Gasteiger partial charge in [0.05, 0.1) is 19.8 Å². The van der Waals surface area contributed by atoms with Crippen LogP contribution >= 0.6 is 0 Å². The van der Waals surface area contributed by atoms with E-state index >= 15 is 0 Å². The van der Waals surface area contributed by atoms with Crippen molar-refractivity contribution in [3.63, 3.8) is 0 Å². The number of rotatable bonds is 7. The van der Waals surface area contributed by atoms with Crippen LogP contribution in [-0.4, -0.2) is 34.1 Å². The normalized spacial score (nSPS) is 22.5. The van der Waals surface area contributed by atoms with Crippen LogP contribution < -0.4 is 0 Å². The van der Waals surface area contributed by atoms with Crippen LogP contribution in [0.25, 0.3) is 0 Å². The lowest BCUT2D eigenvalue weighted by atomic mass is 10.1. The predicted octanol–water partition coefficient (Wildman–Crippen LogP) is 2.76. The molecule has 134 valence electrons. The second-order valence-corrected chi connectivity index (χ2v) is 6.26. The molecule has 0 N–H and O–H groups in total. The smallest absolute Gasteiger partial charge is 0.215 e. The number of nitrogens with zero attached hydrogens (tertiary/aromatic N) is 3. The van der Waals surface area contributed by atoms with Crippen molar-refractivity contribution >= 4 is 0 Å². The zero-order chi connectivity index (χ0) is 17.7. The highest BCUT2D eigenvalue weighted by molar-refractivity contribution is 5.21. The third-order valence-corrected chi connectivity index (χ3v) is 4.33. The Labute approximate surface area is 152 Å². The van der Waals surface area contributed by atoms with Crippen LogP contribution in [0.15, 0.2) is 73.3 Å². The molecule has 2 aromatic carbocycles. The third-order valence-electron chi connectivity index (χ3n) is 4.33. The van der Waals surface area contributed by atoms with Crippen molar-refractivity contribution in [2.45, 2.75) is 25.0 Å². The first kappa shape index (κ1) is 16.9. The summed E-state index contributed by atoms with van der Waals surface area (Å²) in [5.74, 6) is -0.879. The molecule has 0 radical (unpaired) electrons. The van der Waals surface area contributed by atoms with Gasteiger partial charge in [0.2, 0.25) is 5.79 Å². The van der Waals surface area contributed by atoms with Crippen molar-refractivity contribution in [2.24, 2.45) is 0 Å². The lowest BCUT2D eigenvalue weighted by molar-refractivity contribution is -0.193. The van der Waals surface area contributed by atoms with Gasteiger partial charge in [-0.15, -0.1) is 0 Å². The first-order chi connectivity index (χ1) is 12.8. The maximum Gasteiger partial charge on any atom is 0.215 e. The molecule has 4 rings (SSSR count). The summed E-state index contributed by atoms with van der Waals surface area (Å²) in [6.45, 7) is 1.94. The fourth-order valence-electron chi connectivity index (χ4n) is 3.07. The van der Waals surface area contributed by atoms with Crippen LogP contribution in [0.5, 0.6) is 0 Å². The first-order valence-corrected chi connectivity index (χ1v) is 8.65. The van der Waals surface area contributed by atoms with Gasteiger partial charge in [0.1, 0.15) is 25.3 Å². The molecule has 6 heteroatoms. The van der Waals surface area contributed by atoms with Crippen LogP contribution in [0, 0.1) is 0 Å². The van der Waals surface area contributed by atoms with Crippen molar-refractivity contribution in [3.05, 3.63) is 84.4 Å². The zero-order valence-electron chi connectivity index (χ0n) is 14.4. The molecule has 6 nitrogen and oxygen atoms in total. The monoisotopic (exact) mass is 351 g/mol. The molecule has 0 spiro atoms. The Morgan fingerprint density at radius 2 is 1.85 bits per heavy atom. The van der Waals surface area contributed by atoms with Crippen molar-refractivity contribution in [3.8, 4) is 0 Å². The van der Waals surface area contributed by atoms with Gasteiger partial charge in [0.25, 0.3) is 0 Å². The average molecular weight is 351 g/mol. The van der Waals surface area contributed by atoms with Crippen LogP contribution in [0.1, 0.15) is 11.1 Å². The fourth-order valence-corrected chi connectivity index (χ4v) is 3.07. The van der Waals surface area contributed by atoms with E-state index in [1.54, 1.807) is 11.0 Å². The Balaban J connectivity index is 1.43. The molecule has 1 aliphatic rings. The molecule has 0 aliphatic carbocycles. The molecule has 0 bridgehead atoms. The van der Waals surface area contributed by atoms with E-state index < -0.39 is 5.79 Å². The highest BCUT2D eigenvalue weighted by Crippen LogP contribution is 2.35. The average Bonchev–Trinajstić information content (AvgIpc) is 3.35. The molecule has 2 heterocycles. The fraction of sp³-hybridized carbons (Fsp3) is 0.300. The van der Waals surface area contributed by atoms with E-state index in [0.29, 0.717) is 26.4 Å². The summed E-state index contributed by atoms with van der Waals surface area (Å²) in [5, 5.41) is 4.19. The molecule has 0 saturated carbocycles. The van der Waals surface area contributed by atoms with E-state index in [4.69, 9.17) is 14.2 Å². The molecule has 1 aromatic heterocycles. The number of ether oxygens (including phenoxy) is 3. The minimum atomic E-state index is -0.879. The topological polar surface area (TPSA) is 58.4 Å². The van der Waals surface area contributed by atoms with Crippen LogP contribution in [0.4, 0.5) is 0 Å². The summed E-state index contributed by atoms with van der Waals surface area (Å²) < 4.78 is 20.0. The summed E-state index contributed by atoms with van der Waals surface area (Å²) in [6, 6.07) is 20.0. The Morgan fingerprint density at radius 1 is 1.08 bits per heavy atom. The van der Waals surface area contributed by atoms with Gasteiger partial charge in [0.15, 0.2) is 0 Å². The maximum atomic E-state index is 6.31. The number of hydrogen-bond acceptors (Lipinski definition) is 5. The summed E-state index contributed by atoms with van der Waals surface area (Å²) in [7, 11) is 0. The maximum absolute atomic E-state index is 6.31. The SMILES string of the molecule is c1ccc(COCC2COC(Cn3cncn3)(c3ccccc3)O2)cc1. The summed E-state index contributed by atoms with van der Waals surface area (Å²) in [4.78, 5) is 4.01. The molecule has 3 aromatic rings. The summed E-state index contributed by atoms with van der Waals surface area (Å²) in [5.41, 5.74) is 2.10. The van der Waals surface area contributed by atoms with Gasteiger partial charge >= 0.3 is 0 Å². The minimum absolute atomic E-state index is 0.137. The van der Waals surface area contributed by atoms with Crippen LogP contribution in [-0.2, 0) is 33.1 Å². The van der Waals surface area contributed by atoms with Gasteiger partial charge in [-0.3, -0.25) is 0 Å². The summed E-state index contributed by atoms with van der Waals surface area (Å²) >= 11 is 0. The molecule has 26 heavy (non-hydrogen) atoms. The first-order valence-electron chi connectivity index (χ1n) is 8.65. The minimum Gasteiger partial charge on any atom is -0.374 e. The van der Waals surface area contributed by atoms with Gasteiger partial charge in [-0.2, -0.15) is 5.10 Å². The van der Waals surface area contributed by atoms with Crippen LogP contribution in [0.3, 0.4) is 0 Å². The van der Waals surface area contributed by atoms with Crippen molar-refractivity contribution < 1.29 is 14.2 Å². The van der Waals surface area contributed by atoms with E-state index in [-0.39, 0.29) is 6.10 Å². The Kier molecular flexibility index (Phi) is 5.06. The van der Waals surface area contributed by atoms with E-state index in [0.717, 1.165) is 11.1 Å². The summed E-state index contributed by atoms with van der Waals surface area (Å²) in [6.07, 6.45) is 3.03. The quantitative estimate of drug-likeness (QED) is 0.655. The van der Waals surface area contributed by atoms with Crippen molar-refractivity contribution in [1.82, 2.24) is 14.8 Å². The van der Waals surface area contributed by atoms with Gasteiger partial charge < -0.3 is 14.2 Å². The predicted molar refractivity (Wildman–Crippen MR) is 95.1 cm³/mol. The second-order valence-electron chi connectivity index (χ2n) is 6.26. The molecule has 0 amide bonds. The van der Waals surface area contributed by atoms with Gasteiger partial charge in [-0.05, 0) is 5.56 Å². The highest BCUT2D eigenvalue weighted by atomic mass is 16.8. The zero-order valence-corrected chi connectivity index (χ0v) is 14.4. The third kappa shape index (κ3) is 3.83.